The van der Waals surface area contributed by atoms with Crippen LogP contribution in [0, 0.1) is 0 Å². The van der Waals surface area contributed by atoms with Crippen molar-refractivity contribution in [3.63, 3.8) is 0 Å². The molecular formula is C7H5BrClNOS. The van der Waals surface area contributed by atoms with Gasteiger partial charge in [-0.2, -0.15) is 0 Å². The maximum atomic E-state index is 10.8. The number of halogens is 2. The van der Waals surface area contributed by atoms with Crippen LogP contribution in [-0.2, 0) is 10.2 Å². The lowest BCUT2D eigenvalue weighted by Gasteiger charge is -2.01. The summed E-state index contributed by atoms with van der Waals surface area (Å²) in [5.74, 6) is 0. The smallest absolute Gasteiger partial charge is 0.184 e. The van der Waals surface area contributed by atoms with Gasteiger partial charge in [0.2, 0.25) is 0 Å². The van der Waals surface area contributed by atoms with Crippen molar-refractivity contribution in [1.29, 1.82) is 0 Å². The molecule has 1 aliphatic carbocycles. The summed E-state index contributed by atoms with van der Waals surface area (Å²) in [5.41, 5.74) is 0.496. The predicted molar refractivity (Wildman–Crippen MR) is 51.8 cm³/mol. The average molecular weight is 267 g/mol. The van der Waals surface area contributed by atoms with Crippen molar-refractivity contribution >= 4 is 45.2 Å². The molecule has 1 saturated carbocycles. The zero-order valence-corrected chi connectivity index (χ0v) is 9.17. The third kappa shape index (κ3) is 1.22. The zero-order chi connectivity index (χ0) is 8.77. The lowest BCUT2D eigenvalue weighted by Crippen LogP contribution is -2.08. The van der Waals surface area contributed by atoms with Gasteiger partial charge in [-0.25, -0.2) is 4.98 Å². The van der Waals surface area contributed by atoms with E-state index in [-0.39, 0.29) is 5.41 Å². The highest BCUT2D eigenvalue weighted by molar-refractivity contribution is 9.11. The second-order valence-electron chi connectivity index (χ2n) is 2.86. The number of rotatable bonds is 2. The van der Waals surface area contributed by atoms with Crippen LogP contribution in [0.25, 0.3) is 0 Å². The van der Waals surface area contributed by atoms with E-state index in [0.29, 0.717) is 4.47 Å². The average Bonchev–Trinajstić information content (AvgIpc) is 2.74. The summed E-state index contributed by atoms with van der Waals surface area (Å²) >= 11 is 10.4. The molecule has 2 rings (SSSR count). The van der Waals surface area contributed by atoms with E-state index >= 15 is 0 Å². The Morgan fingerprint density at radius 1 is 1.67 bits per heavy atom. The molecule has 0 unspecified atom stereocenters. The van der Waals surface area contributed by atoms with Crippen molar-refractivity contribution in [2.75, 3.05) is 0 Å². The van der Waals surface area contributed by atoms with E-state index < -0.39 is 0 Å². The SMILES string of the molecule is O=CC1(c2nc(Cl)sc2Br)CC1. The first kappa shape index (κ1) is 8.66. The minimum absolute atomic E-state index is 0.317. The van der Waals surface area contributed by atoms with Crippen LogP contribution in [0.4, 0.5) is 0 Å². The van der Waals surface area contributed by atoms with Gasteiger partial charge in [-0.1, -0.05) is 22.9 Å². The summed E-state index contributed by atoms with van der Waals surface area (Å²) < 4.78 is 1.38. The molecule has 1 fully saturated rings. The van der Waals surface area contributed by atoms with Crippen LogP contribution in [0.2, 0.25) is 4.47 Å². The molecule has 1 aliphatic rings. The predicted octanol–water partition coefficient (Wildman–Crippen LogP) is 2.79. The quantitative estimate of drug-likeness (QED) is 0.771. The number of carbonyl (C=O) groups excluding carboxylic acids is 1. The van der Waals surface area contributed by atoms with Gasteiger partial charge in [0.05, 0.1) is 14.9 Å². The summed E-state index contributed by atoms with van der Waals surface area (Å²) in [6, 6.07) is 0. The Kier molecular flexibility index (Phi) is 2.01. The molecule has 5 heteroatoms. The molecule has 1 aromatic rings. The molecular weight excluding hydrogens is 262 g/mol. The van der Waals surface area contributed by atoms with E-state index in [4.69, 9.17) is 11.6 Å². The van der Waals surface area contributed by atoms with Crippen molar-refractivity contribution in [3.8, 4) is 0 Å². The topological polar surface area (TPSA) is 30.0 Å². The third-order valence-corrected chi connectivity index (χ3v) is 3.86. The maximum Gasteiger partial charge on any atom is 0.184 e. The molecule has 0 saturated heterocycles. The van der Waals surface area contributed by atoms with Gasteiger partial charge in [0.1, 0.15) is 6.29 Å². The van der Waals surface area contributed by atoms with Crippen molar-refractivity contribution in [1.82, 2.24) is 4.98 Å². The first-order chi connectivity index (χ1) is 5.68. The summed E-state index contributed by atoms with van der Waals surface area (Å²) in [6.45, 7) is 0. The first-order valence-electron chi connectivity index (χ1n) is 3.46. The van der Waals surface area contributed by atoms with Crippen molar-refractivity contribution in [2.45, 2.75) is 18.3 Å². The van der Waals surface area contributed by atoms with E-state index in [9.17, 15) is 4.79 Å². The van der Waals surface area contributed by atoms with Crippen LogP contribution in [0.15, 0.2) is 3.79 Å². The van der Waals surface area contributed by atoms with Gasteiger partial charge >= 0.3 is 0 Å². The number of thiazole rings is 1. The van der Waals surface area contributed by atoms with Crippen LogP contribution in [0.1, 0.15) is 18.5 Å². The second-order valence-corrected chi connectivity index (χ2v) is 5.76. The third-order valence-electron chi connectivity index (χ3n) is 2.05. The molecule has 1 aromatic heterocycles. The minimum atomic E-state index is -0.317. The monoisotopic (exact) mass is 265 g/mol. The zero-order valence-electron chi connectivity index (χ0n) is 6.01. The van der Waals surface area contributed by atoms with Crippen LogP contribution in [-0.4, -0.2) is 11.3 Å². The molecule has 0 atom stereocenters. The molecule has 0 aliphatic heterocycles. The Morgan fingerprint density at radius 3 is 2.67 bits per heavy atom. The number of hydrogen-bond donors (Lipinski definition) is 0. The van der Waals surface area contributed by atoms with Gasteiger partial charge in [0.15, 0.2) is 4.47 Å². The highest BCUT2D eigenvalue weighted by Gasteiger charge is 2.47. The summed E-state index contributed by atoms with van der Waals surface area (Å²) in [6.07, 6.45) is 2.77. The van der Waals surface area contributed by atoms with Gasteiger partial charge in [-0.3, -0.25) is 0 Å². The van der Waals surface area contributed by atoms with E-state index in [2.05, 4.69) is 20.9 Å². The fourth-order valence-corrected chi connectivity index (χ4v) is 3.30. The molecule has 0 N–H and O–H groups in total. The van der Waals surface area contributed by atoms with Crippen molar-refractivity contribution < 1.29 is 4.79 Å². The highest BCUT2D eigenvalue weighted by atomic mass is 79.9. The van der Waals surface area contributed by atoms with Crippen LogP contribution >= 0.6 is 38.9 Å². The van der Waals surface area contributed by atoms with Crippen LogP contribution in [0.5, 0.6) is 0 Å². The summed E-state index contributed by atoms with van der Waals surface area (Å²) in [4.78, 5) is 14.9. The summed E-state index contributed by atoms with van der Waals surface area (Å²) in [7, 11) is 0. The number of nitrogens with zero attached hydrogens (tertiary/aromatic N) is 1. The van der Waals surface area contributed by atoms with Crippen LogP contribution in [0.3, 0.4) is 0 Å². The summed E-state index contributed by atoms with van der Waals surface area (Å²) in [5, 5.41) is 0. The van der Waals surface area contributed by atoms with Gasteiger partial charge in [0.25, 0.3) is 0 Å². The number of aldehydes is 1. The maximum absolute atomic E-state index is 10.8. The van der Waals surface area contributed by atoms with Gasteiger partial charge in [0, 0.05) is 0 Å². The Bertz CT molecular complexity index is 334. The Morgan fingerprint density at radius 2 is 2.33 bits per heavy atom. The lowest BCUT2D eigenvalue weighted by molar-refractivity contribution is -0.109. The van der Waals surface area contributed by atoms with Gasteiger partial charge < -0.3 is 4.79 Å². The van der Waals surface area contributed by atoms with E-state index in [1.54, 1.807) is 0 Å². The molecule has 12 heavy (non-hydrogen) atoms. The number of aromatic nitrogens is 1. The normalized spacial score (nSPS) is 19.2. The fourth-order valence-electron chi connectivity index (χ4n) is 1.13. The molecule has 2 nitrogen and oxygen atoms in total. The lowest BCUT2D eigenvalue weighted by atomic mass is 10.1. The molecule has 1 heterocycles. The van der Waals surface area contributed by atoms with Crippen LogP contribution < -0.4 is 0 Å². The molecule has 0 radical (unpaired) electrons. The van der Waals surface area contributed by atoms with E-state index in [1.165, 1.54) is 11.3 Å². The molecule has 64 valence electrons. The number of carbonyl (C=O) groups is 1. The molecule has 0 spiro atoms. The second kappa shape index (κ2) is 2.79. The molecule has 0 aromatic carbocycles. The van der Waals surface area contributed by atoms with E-state index in [0.717, 1.165) is 28.6 Å². The van der Waals surface area contributed by atoms with Gasteiger partial charge in [-0.15, -0.1) is 0 Å². The number of hydrogen-bond acceptors (Lipinski definition) is 3. The highest BCUT2D eigenvalue weighted by Crippen LogP contribution is 2.50. The standard InChI is InChI=1S/C7H5BrClNOS/c8-5-4(10-6(9)12-5)7(3-11)1-2-7/h3H,1-2H2. The molecule has 0 bridgehead atoms. The Hall–Kier alpha value is 0.0700. The van der Waals surface area contributed by atoms with Gasteiger partial charge in [-0.05, 0) is 28.8 Å². The van der Waals surface area contributed by atoms with E-state index in [1.807, 2.05) is 0 Å². The minimum Gasteiger partial charge on any atom is -0.302 e. The first-order valence-corrected chi connectivity index (χ1v) is 5.45. The fraction of sp³-hybridized carbons (Fsp3) is 0.429. The Balaban J connectivity index is 2.45. The molecule has 0 amide bonds. The van der Waals surface area contributed by atoms with Crippen molar-refractivity contribution in [2.24, 2.45) is 0 Å². The Labute approximate surface area is 87.1 Å². The van der Waals surface area contributed by atoms with Crippen molar-refractivity contribution in [3.05, 3.63) is 13.9 Å². The largest absolute Gasteiger partial charge is 0.302 e.